The minimum atomic E-state index is -3.71. The molecule has 31 heavy (non-hydrogen) atoms. The predicted octanol–water partition coefficient (Wildman–Crippen LogP) is 2.52. The first-order chi connectivity index (χ1) is 14.9. The Balaban J connectivity index is 1.29. The van der Waals surface area contributed by atoms with Crippen LogP contribution < -0.4 is 4.72 Å². The maximum absolute atomic E-state index is 13.0. The summed E-state index contributed by atoms with van der Waals surface area (Å²) in [5.74, 6) is -0.464. The van der Waals surface area contributed by atoms with E-state index in [1.807, 2.05) is 36.5 Å². The van der Waals surface area contributed by atoms with Crippen LogP contribution in [0.5, 0.6) is 0 Å². The quantitative estimate of drug-likeness (QED) is 0.636. The lowest BCUT2D eigenvalue weighted by Gasteiger charge is -2.32. The molecule has 0 aliphatic carbocycles. The van der Waals surface area contributed by atoms with E-state index in [4.69, 9.17) is 0 Å². The molecule has 0 atom stereocenters. The Morgan fingerprint density at radius 3 is 2.35 bits per heavy atom. The van der Waals surface area contributed by atoms with Gasteiger partial charge in [-0.2, -0.15) is 5.10 Å². The molecule has 1 fully saturated rings. The largest absolute Gasteiger partial charge is 0.342 e. The van der Waals surface area contributed by atoms with Crippen LogP contribution in [0, 0.1) is 5.82 Å². The minimum Gasteiger partial charge on any atom is -0.342 e. The van der Waals surface area contributed by atoms with Gasteiger partial charge in [-0.1, -0.05) is 12.1 Å². The molecule has 162 valence electrons. The number of carbonyl (C=O) groups is 1. The summed E-state index contributed by atoms with van der Waals surface area (Å²) in [6.07, 6.45) is 4.93. The number of rotatable bonds is 6. The van der Waals surface area contributed by atoms with Crippen molar-refractivity contribution >= 4 is 15.9 Å². The Hall–Kier alpha value is -3.04. The number of hydrogen-bond acceptors (Lipinski definition) is 4. The maximum Gasteiger partial charge on any atom is 0.240 e. The highest BCUT2D eigenvalue weighted by atomic mass is 32.2. The number of benzene rings is 2. The van der Waals surface area contributed by atoms with Crippen molar-refractivity contribution in [2.45, 2.75) is 30.2 Å². The van der Waals surface area contributed by atoms with E-state index in [1.165, 1.54) is 12.1 Å². The standard InChI is InChI=1S/C22H23FN4O3S/c23-18-4-8-21(9-5-18)31(29,30)25-19-10-14-26(15-11-19)22(28)16-17-2-6-20(7-3-17)27-13-1-12-24-27/h1-9,12-13,19,25H,10-11,14-16H2. The van der Waals surface area contributed by atoms with E-state index < -0.39 is 15.8 Å². The van der Waals surface area contributed by atoms with Gasteiger partial charge in [-0.15, -0.1) is 0 Å². The van der Waals surface area contributed by atoms with E-state index in [-0.39, 0.29) is 16.8 Å². The smallest absolute Gasteiger partial charge is 0.240 e. The molecule has 1 aromatic heterocycles. The number of nitrogens with zero attached hydrogens (tertiary/aromatic N) is 3. The second kappa shape index (κ2) is 8.99. The van der Waals surface area contributed by atoms with Crippen molar-refractivity contribution in [1.29, 1.82) is 0 Å². The van der Waals surface area contributed by atoms with Gasteiger partial charge in [-0.25, -0.2) is 22.2 Å². The Morgan fingerprint density at radius 1 is 1.06 bits per heavy atom. The summed E-state index contributed by atoms with van der Waals surface area (Å²) in [7, 11) is -3.71. The summed E-state index contributed by atoms with van der Waals surface area (Å²) in [5, 5.41) is 4.18. The topological polar surface area (TPSA) is 84.3 Å². The molecular weight excluding hydrogens is 419 g/mol. The summed E-state index contributed by atoms with van der Waals surface area (Å²) in [4.78, 5) is 14.5. The zero-order valence-corrected chi connectivity index (χ0v) is 17.6. The highest BCUT2D eigenvalue weighted by Crippen LogP contribution is 2.17. The van der Waals surface area contributed by atoms with Crippen molar-refractivity contribution in [2.24, 2.45) is 0 Å². The number of carbonyl (C=O) groups excluding carboxylic acids is 1. The highest BCUT2D eigenvalue weighted by molar-refractivity contribution is 7.89. The van der Waals surface area contributed by atoms with Gasteiger partial charge < -0.3 is 4.90 Å². The first-order valence-corrected chi connectivity index (χ1v) is 11.5. The van der Waals surface area contributed by atoms with E-state index in [9.17, 15) is 17.6 Å². The van der Waals surface area contributed by atoms with Crippen molar-refractivity contribution in [3.05, 3.63) is 78.4 Å². The van der Waals surface area contributed by atoms with Gasteiger partial charge in [0, 0.05) is 31.5 Å². The fourth-order valence-electron chi connectivity index (χ4n) is 3.62. The molecule has 1 saturated heterocycles. The van der Waals surface area contributed by atoms with E-state index >= 15 is 0 Å². The Labute approximate surface area is 180 Å². The molecule has 1 aliphatic rings. The van der Waals surface area contributed by atoms with E-state index in [2.05, 4.69) is 9.82 Å². The van der Waals surface area contributed by atoms with Crippen molar-refractivity contribution in [2.75, 3.05) is 13.1 Å². The number of hydrogen-bond donors (Lipinski definition) is 1. The van der Waals surface area contributed by atoms with Crippen LogP contribution in [0.25, 0.3) is 5.69 Å². The fraction of sp³-hybridized carbons (Fsp3) is 0.273. The second-order valence-electron chi connectivity index (χ2n) is 7.52. The molecule has 2 heterocycles. The summed E-state index contributed by atoms with van der Waals surface area (Å²) in [6.45, 7) is 0.974. The number of halogens is 1. The van der Waals surface area contributed by atoms with Crippen LogP contribution in [-0.4, -0.2) is 48.1 Å². The van der Waals surface area contributed by atoms with Crippen LogP contribution in [0.2, 0.25) is 0 Å². The lowest BCUT2D eigenvalue weighted by atomic mass is 10.0. The predicted molar refractivity (Wildman–Crippen MR) is 114 cm³/mol. The molecule has 0 bridgehead atoms. The number of piperidine rings is 1. The zero-order chi connectivity index (χ0) is 21.8. The number of aromatic nitrogens is 2. The molecule has 9 heteroatoms. The molecule has 2 aromatic carbocycles. The lowest BCUT2D eigenvalue weighted by molar-refractivity contribution is -0.131. The third-order valence-electron chi connectivity index (χ3n) is 5.35. The molecular formula is C22H23FN4O3S. The Bertz CT molecular complexity index is 1120. The Kier molecular flexibility index (Phi) is 6.15. The molecule has 3 aromatic rings. The average molecular weight is 443 g/mol. The van der Waals surface area contributed by atoms with E-state index in [1.54, 1.807) is 15.8 Å². The summed E-state index contributed by atoms with van der Waals surface area (Å²) < 4.78 is 42.4. The number of amides is 1. The van der Waals surface area contributed by atoms with Gasteiger partial charge in [0.05, 0.1) is 17.0 Å². The van der Waals surface area contributed by atoms with Gasteiger partial charge in [0.1, 0.15) is 5.82 Å². The molecule has 0 saturated carbocycles. The van der Waals surface area contributed by atoms with Crippen molar-refractivity contribution in [1.82, 2.24) is 19.4 Å². The third-order valence-corrected chi connectivity index (χ3v) is 6.89. The van der Waals surface area contributed by atoms with Gasteiger partial charge in [0.25, 0.3) is 0 Å². The van der Waals surface area contributed by atoms with Gasteiger partial charge in [0.15, 0.2) is 0 Å². The van der Waals surface area contributed by atoms with Gasteiger partial charge in [-0.05, 0) is 60.9 Å². The Morgan fingerprint density at radius 2 is 1.74 bits per heavy atom. The minimum absolute atomic E-state index is 0.0201. The molecule has 4 rings (SSSR count). The molecule has 1 N–H and O–H groups in total. The van der Waals surface area contributed by atoms with Crippen LogP contribution in [-0.2, 0) is 21.2 Å². The van der Waals surface area contributed by atoms with E-state index in [0.29, 0.717) is 32.4 Å². The van der Waals surface area contributed by atoms with Gasteiger partial charge in [-0.3, -0.25) is 4.79 Å². The summed E-state index contributed by atoms with van der Waals surface area (Å²) in [5.41, 5.74) is 1.84. The fourth-order valence-corrected chi connectivity index (χ4v) is 4.93. The first kappa shape index (κ1) is 21.2. The van der Waals surface area contributed by atoms with Crippen molar-refractivity contribution in [3.63, 3.8) is 0 Å². The van der Waals surface area contributed by atoms with Crippen molar-refractivity contribution in [3.8, 4) is 5.69 Å². The highest BCUT2D eigenvalue weighted by Gasteiger charge is 2.26. The first-order valence-electron chi connectivity index (χ1n) is 10.1. The zero-order valence-electron chi connectivity index (χ0n) is 16.8. The third kappa shape index (κ3) is 5.18. The van der Waals surface area contributed by atoms with Gasteiger partial charge >= 0.3 is 0 Å². The summed E-state index contributed by atoms with van der Waals surface area (Å²) in [6, 6.07) is 14.0. The normalized spacial score (nSPS) is 15.2. The molecule has 0 unspecified atom stereocenters. The van der Waals surface area contributed by atoms with Crippen LogP contribution in [0.4, 0.5) is 4.39 Å². The van der Waals surface area contributed by atoms with Crippen LogP contribution >= 0.6 is 0 Å². The second-order valence-corrected chi connectivity index (χ2v) is 9.24. The molecule has 1 amide bonds. The van der Waals surface area contributed by atoms with Gasteiger partial charge in [0.2, 0.25) is 15.9 Å². The van der Waals surface area contributed by atoms with E-state index in [0.717, 1.165) is 23.4 Å². The number of nitrogens with one attached hydrogen (secondary N) is 1. The average Bonchev–Trinajstić information content (AvgIpc) is 3.30. The number of likely N-dealkylation sites (tertiary alicyclic amines) is 1. The van der Waals surface area contributed by atoms with Crippen LogP contribution in [0.15, 0.2) is 71.9 Å². The maximum atomic E-state index is 13.0. The lowest BCUT2D eigenvalue weighted by Crippen LogP contribution is -2.46. The molecule has 0 radical (unpaired) electrons. The van der Waals surface area contributed by atoms with Crippen molar-refractivity contribution < 1.29 is 17.6 Å². The monoisotopic (exact) mass is 442 g/mol. The molecule has 1 aliphatic heterocycles. The molecule has 7 nitrogen and oxygen atoms in total. The SMILES string of the molecule is O=C(Cc1ccc(-n2cccn2)cc1)N1CCC(NS(=O)(=O)c2ccc(F)cc2)CC1. The molecule has 0 spiro atoms. The number of sulfonamides is 1. The summed E-state index contributed by atoms with van der Waals surface area (Å²) >= 11 is 0. The van der Waals surface area contributed by atoms with Crippen LogP contribution in [0.1, 0.15) is 18.4 Å². The van der Waals surface area contributed by atoms with Crippen LogP contribution in [0.3, 0.4) is 0 Å².